The Kier molecular flexibility index (Phi) is 5.90. The standard InChI is InChI=1S/C22H38N2O/c1-21(2,3)17-13-16(20(25)19(14-17)22(4,5)6)15-24(8)18-9-11-23(7)12-10-18/h13-14,18,25H,9-12,15H2,1-8H3. The molecule has 25 heavy (non-hydrogen) atoms. The Balaban J connectivity index is 2.32. The highest BCUT2D eigenvalue weighted by Gasteiger charge is 2.27. The van der Waals surface area contributed by atoms with Crippen LogP contribution >= 0.6 is 0 Å². The van der Waals surface area contributed by atoms with Crippen molar-refractivity contribution in [3.05, 3.63) is 28.8 Å². The van der Waals surface area contributed by atoms with Crippen LogP contribution < -0.4 is 0 Å². The van der Waals surface area contributed by atoms with E-state index in [2.05, 4.69) is 77.6 Å². The Morgan fingerprint density at radius 2 is 1.60 bits per heavy atom. The molecule has 0 atom stereocenters. The fraction of sp³-hybridized carbons (Fsp3) is 0.727. The molecule has 0 bridgehead atoms. The molecule has 0 spiro atoms. The zero-order valence-electron chi connectivity index (χ0n) is 17.6. The second-order valence-corrected chi connectivity index (χ2v) is 9.98. The van der Waals surface area contributed by atoms with Gasteiger partial charge in [0.1, 0.15) is 5.75 Å². The summed E-state index contributed by atoms with van der Waals surface area (Å²) >= 11 is 0. The highest BCUT2D eigenvalue weighted by molar-refractivity contribution is 5.48. The van der Waals surface area contributed by atoms with E-state index >= 15 is 0 Å². The summed E-state index contributed by atoms with van der Waals surface area (Å²) in [7, 11) is 4.40. The van der Waals surface area contributed by atoms with Gasteiger partial charge in [0.25, 0.3) is 0 Å². The SMILES string of the molecule is CN1CCC(N(C)Cc2cc(C(C)(C)C)cc(C(C)(C)C)c2O)CC1. The van der Waals surface area contributed by atoms with E-state index in [1.807, 2.05) is 0 Å². The van der Waals surface area contributed by atoms with Gasteiger partial charge in [0.15, 0.2) is 0 Å². The minimum absolute atomic E-state index is 0.0633. The molecule has 0 unspecified atom stereocenters. The Bertz CT molecular complexity index is 587. The van der Waals surface area contributed by atoms with Gasteiger partial charge in [-0.1, -0.05) is 53.7 Å². The summed E-state index contributed by atoms with van der Waals surface area (Å²) in [6.45, 7) is 16.4. The number of nitrogens with zero attached hydrogens (tertiary/aromatic N) is 2. The summed E-state index contributed by atoms with van der Waals surface area (Å²) in [6.07, 6.45) is 2.41. The molecule has 2 rings (SSSR count). The van der Waals surface area contributed by atoms with Crippen molar-refractivity contribution in [2.45, 2.75) is 77.8 Å². The van der Waals surface area contributed by atoms with Gasteiger partial charge in [-0.2, -0.15) is 0 Å². The molecule has 1 N–H and O–H groups in total. The van der Waals surface area contributed by atoms with Crippen molar-refractivity contribution < 1.29 is 5.11 Å². The lowest BCUT2D eigenvalue weighted by Gasteiger charge is -2.36. The molecule has 1 aromatic rings. The third kappa shape index (κ3) is 4.98. The Labute approximate surface area is 155 Å². The maximum absolute atomic E-state index is 11.0. The van der Waals surface area contributed by atoms with Crippen LogP contribution in [0.25, 0.3) is 0 Å². The molecule has 142 valence electrons. The maximum atomic E-state index is 11.0. The lowest BCUT2D eigenvalue weighted by molar-refractivity contribution is 0.138. The van der Waals surface area contributed by atoms with E-state index in [0.717, 1.165) is 30.8 Å². The second-order valence-electron chi connectivity index (χ2n) is 9.98. The molecular weight excluding hydrogens is 308 g/mol. The molecular formula is C22H38N2O. The lowest BCUT2D eigenvalue weighted by atomic mass is 9.79. The molecule has 1 fully saturated rings. The van der Waals surface area contributed by atoms with Crippen LogP contribution in [0.4, 0.5) is 0 Å². The van der Waals surface area contributed by atoms with Crippen LogP contribution in [0.5, 0.6) is 5.75 Å². The topological polar surface area (TPSA) is 26.7 Å². The largest absolute Gasteiger partial charge is 0.507 e. The van der Waals surface area contributed by atoms with Crippen LogP contribution in [0, 0.1) is 0 Å². The van der Waals surface area contributed by atoms with Crippen molar-refractivity contribution in [1.82, 2.24) is 9.80 Å². The van der Waals surface area contributed by atoms with Gasteiger partial charge in [-0.15, -0.1) is 0 Å². The van der Waals surface area contributed by atoms with Gasteiger partial charge in [-0.25, -0.2) is 0 Å². The first-order chi connectivity index (χ1) is 11.4. The molecule has 1 aliphatic heterocycles. The molecule has 1 saturated heterocycles. The van der Waals surface area contributed by atoms with Crippen molar-refractivity contribution >= 4 is 0 Å². The predicted molar refractivity (Wildman–Crippen MR) is 107 cm³/mol. The van der Waals surface area contributed by atoms with Gasteiger partial charge < -0.3 is 10.0 Å². The molecule has 0 saturated carbocycles. The Morgan fingerprint density at radius 3 is 2.08 bits per heavy atom. The van der Waals surface area contributed by atoms with Gasteiger partial charge >= 0.3 is 0 Å². The number of piperidine rings is 1. The normalized spacial score (nSPS) is 18.1. The van der Waals surface area contributed by atoms with E-state index in [0.29, 0.717) is 11.8 Å². The smallest absolute Gasteiger partial charge is 0.123 e. The van der Waals surface area contributed by atoms with Crippen LogP contribution in [0.15, 0.2) is 12.1 Å². The van der Waals surface area contributed by atoms with E-state index in [1.165, 1.54) is 18.4 Å². The molecule has 3 nitrogen and oxygen atoms in total. The highest BCUT2D eigenvalue weighted by atomic mass is 16.3. The third-order valence-electron chi connectivity index (χ3n) is 5.59. The number of rotatable bonds is 3. The van der Waals surface area contributed by atoms with Gasteiger partial charge in [0.2, 0.25) is 0 Å². The molecule has 1 heterocycles. The van der Waals surface area contributed by atoms with E-state index in [-0.39, 0.29) is 10.8 Å². The number of aromatic hydroxyl groups is 1. The fourth-order valence-corrected chi connectivity index (χ4v) is 3.65. The average molecular weight is 347 g/mol. The predicted octanol–water partition coefficient (Wildman–Crippen LogP) is 4.51. The summed E-state index contributed by atoms with van der Waals surface area (Å²) in [5.74, 6) is 0.486. The minimum atomic E-state index is -0.0633. The Morgan fingerprint density at radius 1 is 1.04 bits per heavy atom. The van der Waals surface area contributed by atoms with Crippen LogP contribution in [0.2, 0.25) is 0 Å². The number of hydrogen-bond donors (Lipinski definition) is 1. The fourth-order valence-electron chi connectivity index (χ4n) is 3.65. The molecule has 3 heteroatoms. The highest BCUT2D eigenvalue weighted by Crippen LogP contribution is 2.38. The molecule has 0 amide bonds. The van der Waals surface area contributed by atoms with E-state index < -0.39 is 0 Å². The molecule has 0 radical (unpaired) electrons. The summed E-state index contributed by atoms with van der Waals surface area (Å²) in [5, 5.41) is 11.0. The van der Waals surface area contributed by atoms with Crippen molar-refractivity contribution in [2.75, 3.05) is 27.2 Å². The minimum Gasteiger partial charge on any atom is -0.507 e. The first-order valence-corrected chi connectivity index (χ1v) is 9.65. The molecule has 0 aliphatic carbocycles. The van der Waals surface area contributed by atoms with Crippen LogP contribution in [0.3, 0.4) is 0 Å². The zero-order chi connectivity index (χ0) is 19.0. The van der Waals surface area contributed by atoms with Crippen LogP contribution in [-0.4, -0.2) is 48.1 Å². The van der Waals surface area contributed by atoms with Crippen LogP contribution in [-0.2, 0) is 17.4 Å². The number of phenols is 1. The van der Waals surface area contributed by atoms with Crippen molar-refractivity contribution in [3.8, 4) is 5.75 Å². The van der Waals surface area contributed by atoms with Crippen molar-refractivity contribution in [2.24, 2.45) is 0 Å². The lowest BCUT2D eigenvalue weighted by Crippen LogP contribution is -2.41. The third-order valence-corrected chi connectivity index (χ3v) is 5.59. The Hall–Kier alpha value is -1.06. The summed E-state index contributed by atoms with van der Waals surface area (Å²) in [6, 6.07) is 5.02. The van der Waals surface area contributed by atoms with E-state index in [4.69, 9.17) is 0 Å². The van der Waals surface area contributed by atoms with Gasteiger partial charge in [0.05, 0.1) is 0 Å². The average Bonchev–Trinajstić information content (AvgIpc) is 2.47. The summed E-state index contributed by atoms with van der Waals surface area (Å²) in [4.78, 5) is 4.83. The summed E-state index contributed by atoms with van der Waals surface area (Å²) in [5.41, 5.74) is 3.45. The quantitative estimate of drug-likeness (QED) is 0.872. The molecule has 0 aromatic heterocycles. The number of benzene rings is 1. The number of likely N-dealkylation sites (tertiary alicyclic amines) is 1. The number of phenolic OH excluding ortho intramolecular Hbond substituents is 1. The van der Waals surface area contributed by atoms with Crippen molar-refractivity contribution in [1.29, 1.82) is 0 Å². The summed E-state index contributed by atoms with van der Waals surface area (Å²) < 4.78 is 0. The van der Waals surface area contributed by atoms with Gasteiger partial charge in [0, 0.05) is 18.2 Å². The van der Waals surface area contributed by atoms with Gasteiger partial charge in [-0.3, -0.25) is 4.90 Å². The van der Waals surface area contributed by atoms with Crippen LogP contribution in [0.1, 0.15) is 71.1 Å². The first-order valence-electron chi connectivity index (χ1n) is 9.65. The first kappa shape index (κ1) is 20.3. The second kappa shape index (κ2) is 7.28. The van der Waals surface area contributed by atoms with Crippen molar-refractivity contribution in [3.63, 3.8) is 0 Å². The van der Waals surface area contributed by atoms with E-state index in [9.17, 15) is 5.11 Å². The molecule has 1 aromatic carbocycles. The van der Waals surface area contributed by atoms with E-state index in [1.54, 1.807) is 0 Å². The van der Waals surface area contributed by atoms with Gasteiger partial charge in [-0.05, 0) is 62.0 Å². The number of hydrogen-bond acceptors (Lipinski definition) is 3. The monoisotopic (exact) mass is 346 g/mol. The molecule has 1 aliphatic rings. The zero-order valence-corrected chi connectivity index (χ0v) is 17.6. The maximum Gasteiger partial charge on any atom is 0.123 e.